The van der Waals surface area contributed by atoms with Crippen molar-refractivity contribution in [1.29, 1.82) is 0 Å². The summed E-state index contributed by atoms with van der Waals surface area (Å²) in [7, 11) is 1.27. The average Bonchev–Trinajstić information content (AvgIpc) is 3.16. The molecule has 3 heterocycles. The van der Waals surface area contributed by atoms with Crippen LogP contribution in [0.25, 0.3) is 22.3 Å². The zero-order chi connectivity index (χ0) is 41.2. The number of hydrogen-bond donors (Lipinski definition) is 9. The summed E-state index contributed by atoms with van der Waals surface area (Å²) in [5.41, 5.74) is -2.28. The Morgan fingerprint density at radius 3 is 2.30 bits per heavy atom. The van der Waals surface area contributed by atoms with E-state index >= 15 is 0 Å². The van der Waals surface area contributed by atoms with Gasteiger partial charge in [0.1, 0.15) is 53.0 Å². The molecule has 2 saturated heterocycles. The van der Waals surface area contributed by atoms with E-state index in [1.165, 1.54) is 51.3 Å². The molecule has 9 N–H and O–H groups in total. The molecule has 18 nitrogen and oxygen atoms in total. The van der Waals surface area contributed by atoms with E-state index in [0.717, 1.165) is 12.1 Å². The zero-order valence-electron chi connectivity index (χ0n) is 30.8. The predicted octanol–water partition coefficient (Wildman–Crippen LogP) is 0.479. The SMILES string of the molecule is C=C[C@](C)(O)CCC=C(C)C(=O)O[C@@H]1[C@@H](O)[C@H](C)O[C@@H](Oc2cc(O)c3c(=O)c(O[C@@H]4O[C@H](CO)[C@@H](O)[C@H](O)[C@H]4O)c(-c4ccc(O)c(OC)c4)oc3c2)[C@@H]1O. The van der Waals surface area contributed by atoms with Crippen molar-refractivity contribution in [3.8, 4) is 40.1 Å². The number of benzene rings is 2. The van der Waals surface area contributed by atoms with Crippen LogP contribution in [0.1, 0.15) is 33.6 Å². The summed E-state index contributed by atoms with van der Waals surface area (Å²) in [6.45, 7) is 7.25. The molecule has 18 heteroatoms. The zero-order valence-corrected chi connectivity index (χ0v) is 30.8. The lowest BCUT2D eigenvalue weighted by atomic mass is 9.99. The highest BCUT2D eigenvalue weighted by molar-refractivity contribution is 5.89. The highest BCUT2D eigenvalue weighted by Crippen LogP contribution is 2.40. The van der Waals surface area contributed by atoms with Crippen molar-refractivity contribution in [3.05, 3.63) is 64.9 Å². The standard InChI is InChI=1S/C38H46O18/c1-6-38(4,49)11-7-8-16(2)35(48)55-33-26(42)17(3)51-37(31(33)47)52-19-13-21(41)25-23(14-19)53-32(18-9-10-20(40)22(12-18)50-5)34(28(25)44)56-36-30(46)29(45)27(43)24(15-39)54-36/h6,8-10,12-14,17,24,26-27,29-31,33,36-37,39-43,45-47,49H,1,7,11,15H2,2-5H3/t17-,24+,26-,27+,29-,30+,31+,33+,36-,37-,38-/m0/s1. The Hall–Kier alpha value is -4.76. The minimum atomic E-state index is -1.93. The molecule has 0 radical (unpaired) electrons. The summed E-state index contributed by atoms with van der Waals surface area (Å²) >= 11 is 0. The number of carbonyl (C=O) groups is 1. The van der Waals surface area contributed by atoms with Crippen LogP contribution in [0.15, 0.2) is 63.8 Å². The Morgan fingerprint density at radius 2 is 1.64 bits per heavy atom. The molecule has 1 aromatic heterocycles. The van der Waals surface area contributed by atoms with Gasteiger partial charge in [-0.1, -0.05) is 12.2 Å². The van der Waals surface area contributed by atoms with Gasteiger partial charge in [0.2, 0.25) is 23.8 Å². The molecule has 0 bridgehead atoms. The smallest absolute Gasteiger partial charge is 0.333 e. The first-order valence-corrected chi connectivity index (χ1v) is 17.5. The largest absolute Gasteiger partial charge is 0.507 e. The fourth-order valence-electron chi connectivity index (χ4n) is 6.07. The number of hydrogen-bond acceptors (Lipinski definition) is 18. The van der Waals surface area contributed by atoms with Crippen LogP contribution in [0.3, 0.4) is 0 Å². The van der Waals surface area contributed by atoms with Crippen LogP contribution in [0.5, 0.6) is 28.7 Å². The maximum Gasteiger partial charge on any atom is 0.333 e. The van der Waals surface area contributed by atoms with Crippen LogP contribution >= 0.6 is 0 Å². The number of allylic oxidation sites excluding steroid dienone is 1. The fourth-order valence-corrected chi connectivity index (χ4v) is 6.07. The number of aromatic hydroxyl groups is 2. The number of esters is 1. The molecular weight excluding hydrogens is 744 g/mol. The fraction of sp³-hybridized carbons (Fsp3) is 0.474. The second kappa shape index (κ2) is 17.2. The lowest BCUT2D eigenvalue weighted by Crippen LogP contribution is -2.60. The van der Waals surface area contributed by atoms with E-state index in [1.54, 1.807) is 6.92 Å². The number of methoxy groups -OCH3 is 1. The number of aliphatic hydroxyl groups is 7. The van der Waals surface area contributed by atoms with E-state index in [-0.39, 0.29) is 46.1 Å². The molecule has 2 aliphatic heterocycles. The van der Waals surface area contributed by atoms with Gasteiger partial charge in [-0.3, -0.25) is 4.79 Å². The molecule has 2 aromatic carbocycles. The van der Waals surface area contributed by atoms with Crippen LogP contribution in [-0.2, 0) is 19.0 Å². The Balaban J connectivity index is 1.48. The summed E-state index contributed by atoms with van der Waals surface area (Å²) < 4.78 is 39.4. The van der Waals surface area contributed by atoms with E-state index in [2.05, 4.69) is 6.58 Å². The second-order valence-electron chi connectivity index (χ2n) is 13.8. The first kappa shape index (κ1) is 42.4. The molecule has 11 atom stereocenters. The molecule has 0 amide bonds. The van der Waals surface area contributed by atoms with Crippen molar-refractivity contribution < 1.29 is 83.6 Å². The van der Waals surface area contributed by atoms with Gasteiger partial charge in [0, 0.05) is 23.3 Å². The molecule has 0 aliphatic carbocycles. The number of aliphatic hydroxyl groups excluding tert-OH is 6. The van der Waals surface area contributed by atoms with E-state index in [9.17, 15) is 55.5 Å². The molecular formula is C38H46O18. The van der Waals surface area contributed by atoms with E-state index in [4.69, 9.17) is 32.8 Å². The lowest BCUT2D eigenvalue weighted by molar-refractivity contribution is -0.277. The molecule has 306 valence electrons. The summed E-state index contributed by atoms with van der Waals surface area (Å²) in [5.74, 6) is -3.15. The number of phenolic OH excluding ortho intramolecular Hbond substituents is 2. The van der Waals surface area contributed by atoms with Crippen molar-refractivity contribution >= 4 is 16.9 Å². The first-order valence-electron chi connectivity index (χ1n) is 17.5. The van der Waals surface area contributed by atoms with Gasteiger partial charge in [0.05, 0.1) is 25.4 Å². The highest BCUT2D eigenvalue weighted by Gasteiger charge is 2.47. The van der Waals surface area contributed by atoms with Gasteiger partial charge in [-0.25, -0.2) is 4.79 Å². The lowest BCUT2D eigenvalue weighted by Gasteiger charge is -2.40. The Labute approximate surface area is 319 Å². The van der Waals surface area contributed by atoms with Crippen LogP contribution in [0, 0.1) is 0 Å². The van der Waals surface area contributed by atoms with Gasteiger partial charge in [0.15, 0.2) is 29.5 Å². The van der Waals surface area contributed by atoms with Crippen molar-refractivity contribution in [2.75, 3.05) is 13.7 Å². The third-order valence-corrected chi connectivity index (χ3v) is 9.57. The van der Waals surface area contributed by atoms with Crippen molar-refractivity contribution in [1.82, 2.24) is 0 Å². The van der Waals surface area contributed by atoms with E-state index in [1.807, 2.05) is 0 Å². The predicted molar refractivity (Wildman–Crippen MR) is 193 cm³/mol. The van der Waals surface area contributed by atoms with Gasteiger partial charge in [0.25, 0.3) is 0 Å². The van der Waals surface area contributed by atoms with E-state index in [0.29, 0.717) is 6.42 Å². The van der Waals surface area contributed by atoms with E-state index < -0.39 is 102 Å². The molecule has 56 heavy (non-hydrogen) atoms. The maximum absolute atomic E-state index is 14.1. The third kappa shape index (κ3) is 8.78. The van der Waals surface area contributed by atoms with Crippen LogP contribution in [0.4, 0.5) is 0 Å². The quantitative estimate of drug-likeness (QED) is 0.0647. The molecule has 3 aromatic rings. The van der Waals surface area contributed by atoms with Gasteiger partial charge in [-0.15, -0.1) is 6.58 Å². The van der Waals surface area contributed by atoms with Crippen molar-refractivity contribution in [2.24, 2.45) is 0 Å². The summed E-state index contributed by atoms with van der Waals surface area (Å²) in [6, 6.07) is 5.97. The van der Waals surface area contributed by atoms with Crippen LogP contribution in [-0.4, -0.2) is 133 Å². The minimum Gasteiger partial charge on any atom is -0.507 e. The molecule has 2 fully saturated rings. The topological polar surface area (TPSA) is 285 Å². The number of carbonyl (C=O) groups excluding carboxylic acids is 1. The Morgan fingerprint density at radius 1 is 0.946 bits per heavy atom. The highest BCUT2D eigenvalue weighted by atomic mass is 16.7. The van der Waals surface area contributed by atoms with Crippen LogP contribution < -0.4 is 19.6 Å². The molecule has 0 unspecified atom stereocenters. The minimum absolute atomic E-state index is 0.0505. The average molecular weight is 791 g/mol. The normalized spacial score (nSPS) is 29.3. The van der Waals surface area contributed by atoms with Crippen molar-refractivity contribution in [3.63, 3.8) is 0 Å². The van der Waals surface area contributed by atoms with Gasteiger partial charge in [-0.2, -0.15) is 0 Å². The Kier molecular flexibility index (Phi) is 13.0. The molecule has 5 rings (SSSR count). The monoisotopic (exact) mass is 790 g/mol. The summed E-state index contributed by atoms with van der Waals surface area (Å²) in [6.07, 6.45) is -12.7. The summed E-state index contributed by atoms with van der Waals surface area (Å²) in [4.78, 5) is 27.0. The van der Waals surface area contributed by atoms with Gasteiger partial charge < -0.3 is 78.8 Å². The number of rotatable bonds is 13. The number of fused-ring (bicyclic) bond motifs is 1. The van der Waals surface area contributed by atoms with Gasteiger partial charge >= 0.3 is 5.97 Å². The van der Waals surface area contributed by atoms with Crippen molar-refractivity contribution in [2.45, 2.75) is 101 Å². The maximum atomic E-state index is 14.1. The van der Waals surface area contributed by atoms with Gasteiger partial charge in [-0.05, 0) is 51.8 Å². The number of phenols is 2. The first-order chi connectivity index (χ1) is 26.4. The molecule has 0 saturated carbocycles. The number of ether oxygens (including phenoxy) is 6. The Bertz CT molecular complexity index is 1990. The summed E-state index contributed by atoms with van der Waals surface area (Å²) in [5, 5.41) is 93.8. The van der Waals surface area contributed by atoms with Crippen LogP contribution in [0.2, 0.25) is 0 Å². The second-order valence-corrected chi connectivity index (χ2v) is 13.8. The molecule has 2 aliphatic rings. The third-order valence-electron chi connectivity index (χ3n) is 9.57. The molecule has 0 spiro atoms.